The maximum absolute atomic E-state index is 12.7. The van der Waals surface area contributed by atoms with Gasteiger partial charge in [-0.1, -0.05) is 25.0 Å². The lowest BCUT2D eigenvalue weighted by atomic mass is 9.94. The minimum atomic E-state index is -0.389. The summed E-state index contributed by atoms with van der Waals surface area (Å²) in [4.78, 5) is 28.4. The van der Waals surface area contributed by atoms with Crippen LogP contribution in [0.1, 0.15) is 54.4 Å². The summed E-state index contributed by atoms with van der Waals surface area (Å²) in [5, 5.41) is 0. The van der Waals surface area contributed by atoms with Crippen molar-refractivity contribution in [2.75, 3.05) is 26.2 Å². The van der Waals surface area contributed by atoms with Gasteiger partial charge in [-0.05, 0) is 56.5 Å². The molecular formula is C20H29N3O2. The van der Waals surface area contributed by atoms with Crippen molar-refractivity contribution in [1.29, 1.82) is 0 Å². The number of carbonyl (C=O) groups is 2. The Hall–Kier alpha value is -1.88. The Morgan fingerprint density at radius 1 is 0.920 bits per heavy atom. The molecule has 0 aromatic heterocycles. The van der Waals surface area contributed by atoms with E-state index in [-0.39, 0.29) is 11.8 Å². The number of hydrogen-bond donors (Lipinski definition) is 1. The van der Waals surface area contributed by atoms with Crippen molar-refractivity contribution in [1.82, 2.24) is 9.80 Å². The van der Waals surface area contributed by atoms with Gasteiger partial charge in [-0.15, -0.1) is 0 Å². The van der Waals surface area contributed by atoms with Gasteiger partial charge in [-0.3, -0.25) is 14.5 Å². The SMILES string of the molecule is NC(=O)c1ccc(CN2CCC(C(=O)N3CCCCCC3)CC2)cc1. The smallest absolute Gasteiger partial charge is 0.248 e. The molecule has 2 aliphatic rings. The van der Waals surface area contributed by atoms with Crippen molar-refractivity contribution in [2.24, 2.45) is 11.7 Å². The first kappa shape index (κ1) is 17.9. The van der Waals surface area contributed by atoms with Crippen molar-refractivity contribution in [3.05, 3.63) is 35.4 Å². The van der Waals surface area contributed by atoms with E-state index < -0.39 is 0 Å². The number of amides is 2. The summed E-state index contributed by atoms with van der Waals surface area (Å²) in [7, 11) is 0. The molecule has 2 fully saturated rings. The number of likely N-dealkylation sites (tertiary alicyclic amines) is 2. The van der Waals surface area contributed by atoms with Crippen LogP contribution < -0.4 is 5.73 Å². The largest absolute Gasteiger partial charge is 0.366 e. The fraction of sp³-hybridized carbons (Fsp3) is 0.600. The van der Waals surface area contributed by atoms with E-state index in [0.717, 1.165) is 58.4 Å². The molecule has 5 nitrogen and oxygen atoms in total. The molecule has 0 bridgehead atoms. The minimum Gasteiger partial charge on any atom is -0.366 e. The van der Waals surface area contributed by atoms with Crippen LogP contribution in [0.25, 0.3) is 0 Å². The third-order valence-electron chi connectivity index (χ3n) is 5.50. The molecule has 5 heteroatoms. The summed E-state index contributed by atoms with van der Waals surface area (Å²) >= 11 is 0. The van der Waals surface area contributed by atoms with Gasteiger partial charge < -0.3 is 10.6 Å². The molecule has 0 atom stereocenters. The standard InChI is InChI=1S/C20H29N3O2/c21-19(24)17-7-5-16(6-8-17)15-22-13-9-18(10-14-22)20(25)23-11-3-1-2-4-12-23/h5-8,18H,1-4,9-15H2,(H2,21,24). The molecule has 0 unspecified atom stereocenters. The first-order valence-corrected chi connectivity index (χ1v) is 9.53. The monoisotopic (exact) mass is 343 g/mol. The number of carbonyl (C=O) groups excluding carboxylic acids is 2. The topological polar surface area (TPSA) is 66.6 Å². The second-order valence-electron chi connectivity index (χ2n) is 7.35. The zero-order chi connectivity index (χ0) is 17.6. The average molecular weight is 343 g/mol. The highest BCUT2D eigenvalue weighted by Gasteiger charge is 2.28. The predicted octanol–water partition coefficient (Wildman–Crippen LogP) is 2.40. The number of primary amides is 1. The highest BCUT2D eigenvalue weighted by atomic mass is 16.2. The van der Waals surface area contributed by atoms with Crippen molar-refractivity contribution < 1.29 is 9.59 Å². The van der Waals surface area contributed by atoms with E-state index in [4.69, 9.17) is 5.73 Å². The molecule has 0 saturated carbocycles. The lowest BCUT2D eigenvalue weighted by Gasteiger charge is -2.34. The average Bonchev–Trinajstić information content (AvgIpc) is 2.92. The molecule has 2 N–H and O–H groups in total. The van der Waals surface area contributed by atoms with Crippen LogP contribution in [-0.2, 0) is 11.3 Å². The second-order valence-corrected chi connectivity index (χ2v) is 7.35. The molecule has 0 radical (unpaired) electrons. The molecule has 2 saturated heterocycles. The van der Waals surface area contributed by atoms with E-state index in [9.17, 15) is 9.59 Å². The molecule has 2 amide bonds. The van der Waals surface area contributed by atoms with Gasteiger partial charge in [0.25, 0.3) is 0 Å². The van der Waals surface area contributed by atoms with Gasteiger partial charge >= 0.3 is 0 Å². The molecule has 25 heavy (non-hydrogen) atoms. The van der Waals surface area contributed by atoms with E-state index in [2.05, 4.69) is 9.80 Å². The summed E-state index contributed by atoms with van der Waals surface area (Å²) < 4.78 is 0. The minimum absolute atomic E-state index is 0.201. The highest BCUT2D eigenvalue weighted by molar-refractivity contribution is 5.92. The Balaban J connectivity index is 1.48. The summed E-state index contributed by atoms with van der Waals surface area (Å²) in [6.45, 7) is 4.68. The lowest BCUT2D eigenvalue weighted by molar-refractivity contribution is -0.137. The number of rotatable bonds is 4. The Morgan fingerprint density at radius 3 is 2.08 bits per heavy atom. The molecule has 1 aromatic carbocycles. The first-order chi connectivity index (χ1) is 12.1. The van der Waals surface area contributed by atoms with Crippen LogP contribution in [0, 0.1) is 5.92 Å². The van der Waals surface area contributed by atoms with Gasteiger partial charge in [-0.2, -0.15) is 0 Å². The number of hydrogen-bond acceptors (Lipinski definition) is 3. The van der Waals surface area contributed by atoms with Crippen LogP contribution in [0.3, 0.4) is 0 Å². The third kappa shape index (κ3) is 4.82. The Labute approximate surface area is 150 Å². The number of nitrogens with zero attached hydrogens (tertiary/aromatic N) is 2. The third-order valence-corrected chi connectivity index (χ3v) is 5.50. The summed E-state index contributed by atoms with van der Waals surface area (Å²) in [6.07, 6.45) is 6.74. The van der Waals surface area contributed by atoms with Gasteiger partial charge in [-0.25, -0.2) is 0 Å². The predicted molar refractivity (Wildman–Crippen MR) is 98.0 cm³/mol. The van der Waals surface area contributed by atoms with Crippen LogP contribution >= 0.6 is 0 Å². The summed E-state index contributed by atoms with van der Waals surface area (Å²) in [6, 6.07) is 7.50. The van der Waals surface area contributed by atoms with E-state index in [1.807, 2.05) is 12.1 Å². The van der Waals surface area contributed by atoms with Gasteiger partial charge in [0.05, 0.1) is 0 Å². The van der Waals surface area contributed by atoms with Gasteiger partial charge in [0.1, 0.15) is 0 Å². The van der Waals surface area contributed by atoms with E-state index in [1.54, 1.807) is 12.1 Å². The zero-order valence-electron chi connectivity index (χ0n) is 15.0. The summed E-state index contributed by atoms with van der Waals surface area (Å²) in [5.74, 6) is 0.193. The summed E-state index contributed by atoms with van der Waals surface area (Å²) in [5.41, 5.74) is 7.01. The van der Waals surface area contributed by atoms with E-state index in [0.29, 0.717) is 11.5 Å². The van der Waals surface area contributed by atoms with Crippen LogP contribution in [0.4, 0.5) is 0 Å². The molecule has 2 aliphatic heterocycles. The van der Waals surface area contributed by atoms with E-state index >= 15 is 0 Å². The van der Waals surface area contributed by atoms with Crippen molar-refractivity contribution >= 4 is 11.8 Å². The van der Waals surface area contributed by atoms with Crippen molar-refractivity contribution in [3.63, 3.8) is 0 Å². The number of nitrogens with two attached hydrogens (primary N) is 1. The Kier molecular flexibility index (Phi) is 6.08. The number of benzene rings is 1. The fourth-order valence-electron chi connectivity index (χ4n) is 3.92. The normalized spacial score (nSPS) is 20.2. The van der Waals surface area contributed by atoms with Crippen LogP contribution in [-0.4, -0.2) is 47.8 Å². The quantitative estimate of drug-likeness (QED) is 0.913. The van der Waals surface area contributed by atoms with Crippen molar-refractivity contribution in [3.8, 4) is 0 Å². The van der Waals surface area contributed by atoms with Crippen LogP contribution in [0.2, 0.25) is 0 Å². The molecule has 0 aliphatic carbocycles. The lowest BCUT2D eigenvalue weighted by Crippen LogP contribution is -2.42. The second kappa shape index (κ2) is 8.48. The maximum Gasteiger partial charge on any atom is 0.248 e. The fourth-order valence-corrected chi connectivity index (χ4v) is 3.92. The van der Waals surface area contributed by atoms with Gasteiger partial charge in [0.2, 0.25) is 11.8 Å². The molecular weight excluding hydrogens is 314 g/mol. The Bertz CT molecular complexity index is 583. The zero-order valence-corrected chi connectivity index (χ0v) is 15.0. The molecule has 136 valence electrons. The highest BCUT2D eigenvalue weighted by Crippen LogP contribution is 2.23. The van der Waals surface area contributed by atoms with Gasteiger partial charge in [0, 0.05) is 31.1 Å². The van der Waals surface area contributed by atoms with E-state index in [1.165, 1.54) is 18.4 Å². The molecule has 3 rings (SSSR count). The van der Waals surface area contributed by atoms with Crippen LogP contribution in [0.5, 0.6) is 0 Å². The first-order valence-electron chi connectivity index (χ1n) is 9.53. The van der Waals surface area contributed by atoms with Crippen molar-refractivity contribution in [2.45, 2.75) is 45.1 Å². The van der Waals surface area contributed by atoms with Gasteiger partial charge in [0.15, 0.2) is 0 Å². The molecule has 1 aromatic rings. The molecule has 2 heterocycles. The van der Waals surface area contributed by atoms with Crippen LogP contribution in [0.15, 0.2) is 24.3 Å². The molecule has 0 spiro atoms. The number of piperidine rings is 1. The Morgan fingerprint density at radius 2 is 1.52 bits per heavy atom. The maximum atomic E-state index is 12.7.